The number of carbonyl (C=O) groups excluding carboxylic acids is 1. The third-order valence-electron chi connectivity index (χ3n) is 3.58. The second-order valence-electron chi connectivity index (χ2n) is 5.30. The van der Waals surface area contributed by atoms with Crippen LogP contribution in [0.2, 0.25) is 5.02 Å². The molecule has 0 spiro atoms. The van der Waals surface area contributed by atoms with Crippen molar-refractivity contribution in [2.75, 3.05) is 6.54 Å². The van der Waals surface area contributed by atoms with Crippen molar-refractivity contribution in [2.24, 2.45) is 11.7 Å². The minimum absolute atomic E-state index is 0.0215. The summed E-state index contributed by atoms with van der Waals surface area (Å²) < 4.78 is 5.19. The van der Waals surface area contributed by atoms with Crippen LogP contribution in [0.5, 0.6) is 0 Å². The second-order valence-corrected chi connectivity index (χ2v) is 5.73. The van der Waals surface area contributed by atoms with Crippen LogP contribution in [0.15, 0.2) is 34.9 Å². The van der Waals surface area contributed by atoms with E-state index in [1.807, 2.05) is 12.1 Å². The Kier molecular flexibility index (Phi) is 3.94. The van der Waals surface area contributed by atoms with Crippen molar-refractivity contribution >= 4 is 17.5 Å². The van der Waals surface area contributed by atoms with Crippen LogP contribution in [0.25, 0.3) is 11.3 Å². The van der Waals surface area contributed by atoms with Crippen molar-refractivity contribution in [1.82, 2.24) is 10.5 Å². The lowest BCUT2D eigenvalue weighted by molar-refractivity contribution is 0.0941. The summed E-state index contributed by atoms with van der Waals surface area (Å²) >= 11 is 5.93. The van der Waals surface area contributed by atoms with Crippen LogP contribution in [-0.2, 0) is 0 Å². The van der Waals surface area contributed by atoms with E-state index in [9.17, 15) is 4.79 Å². The van der Waals surface area contributed by atoms with Gasteiger partial charge in [0.15, 0.2) is 11.5 Å². The molecule has 21 heavy (non-hydrogen) atoms. The molecule has 1 amide bonds. The van der Waals surface area contributed by atoms with E-state index in [1.165, 1.54) is 0 Å². The van der Waals surface area contributed by atoms with Crippen LogP contribution < -0.4 is 11.1 Å². The maximum absolute atomic E-state index is 12.0. The molecule has 6 heteroatoms. The number of nitrogens with two attached hydrogens (primary N) is 1. The van der Waals surface area contributed by atoms with Crippen LogP contribution >= 0.6 is 11.6 Å². The Morgan fingerprint density at radius 1 is 1.48 bits per heavy atom. The summed E-state index contributed by atoms with van der Waals surface area (Å²) in [5, 5.41) is 7.18. The minimum Gasteiger partial charge on any atom is -0.355 e. The molecular formula is C15H16ClN3O2. The molecule has 1 aliphatic rings. The molecule has 110 valence electrons. The maximum Gasteiger partial charge on any atom is 0.273 e. The predicted molar refractivity (Wildman–Crippen MR) is 80.0 cm³/mol. The van der Waals surface area contributed by atoms with Crippen LogP contribution in [0.4, 0.5) is 0 Å². The van der Waals surface area contributed by atoms with E-state index in [1.54, 1.807) is 18.2 Å². The van der Waals surface area contributed by atoms with Crippen LogP contribution in [0, 0.1) is 5.92 Å². The highest BCUT2D eigenvalue weighted by atomic mass is 35.5. The molecule has 0 bridgehead atoms. The van der Waals surface area contributed by atoms with Gasteiger partial charge >= 0.3 is 0 Å². The standard InChI is InChI=1S/C15H16ClN3O2/c16-11-3-1-2-10(6-11)14-7-13(19-21-14)15(20)18-8-12(17)9-4-5-9/h1-3,6-7,9,12H,4-5,8,17H2,(H,18,20). The van der Waals surface area contributed by atoms with E-state index in [-0.39, 0.29) is 17.6 Å². The van der Waals surface area contributed by atoms with E-state index >= 15 is 0 Å². The Morgan fingerprint density at radius 2 is 2.29 bits per heavy atom. The third-order valence-corrected chi connectivity index (χ3v) is 3.81. The van der Waals surface area contributed by atoms with Gasteiger partial charge in [0.2, 0.25) is 0 Å². The topological polar surface area (TPSA) is 81.1 Å². The SMILES string of the molecule is NC(CNC(=O)c1cc(-c2cccc(Cl)c2)on1)C1CC1. The number of benzene rings is 1. The Balaban J connectivity index is 1.65. The zero-order valence-corrected chi connectivity index (χ0v) is 12.1. The molecular weight excluding hydrogens is 290 g/mol. The molecule has 1 fully saturated rings. The van der Waals surface area contributed by atoms with Crippen molar-refractivity contribution in [3.05, 3.63) is 41.0 Å². The molecule has 1 saturated carbocycles. The predicted octanol–water partition coefficient (Wildman–Crippen LogP) is 2.46. The van der Waals surface area contributed by atoms with Crippen LogP contribution in [-0.4, -0.2) is 23.7 Å². The van der Waals surface area contributed by atoms with Gasteiger partial charge in [0.25, 0.3) is 5.91 Å². The van der Waals surface area contributed by atoms with Crippen molar-refractivity contribution in [1.29, 1.82) is 0 Å². The zero-order valence-electron chi connectivity index (χ0n) is 11.4. The molecule has 1 aromatic heterocycles. The van der Waals surface area contributed by atoms with Gasteiger partial charge in [0, 0.05) is 29.2 Å². The lowest BCUT2D eigenvalue weighted by atomic mass is 10.1. The molecule has 0 saturated heterocycles. The number of halogens is 1. The first-order valence-corrected chi connectivity index (χ1v) is 7.28. The van der Waals surface area contributed by atoms with Gasteiger partial charge in [-0.3, -0.25) is 4.79 Å². The van der Waals surface area contributed by atoms with Crippen LogP contribution in [0.3, 0.4) is 0 Å². The first kappa shape index (κ1) is 14.1. The molecule has 1 unspecified atom stereocenters. The largest absolute Gasteiger partial charge is 0.355 e. The van der Waals surface area contributed by atoms with Gasteiger partial charge in [-0.1, -0.05) is 28.9 Å². The number of hydrogen-bond acceptors (Lipinski definition) is 4. The Hall–Kier alpha value is -1.85. The second kappa shape index (κ2) is 5.87. The van der Waals surface area contributed by atoms with Crippen LogP contribution in [0.1, 0.15) is 23.3 Å². The summed E-state index contributed by atoms with van der Waals surface area (Å²) in [7, 11) is 0. The average Bonchev–Trinajstić information content (AvgIpc) is 3.21. The highest BCUT2D eigenvalue weighted by Gasteiger charge is 2.28. The third kappa shape index (κ3) is 3.43. The number of amides is 1. The Labute approximate surface area is 127 Å². The maximum atomic E-state index is 12.0. The Morgan fingerprint density at radius 3 is 3.00 bits per heavy atom. The van der Waals surface area contributed by atoms with E-state index < -0.39 is 0 Å². The van der Waals surface area contributed by atoms with Gasteiger partial charge in [0.1, 0.15) is 0 Å². The van der Waals surface area contributed by atoms with E-state index in [4.69, 9.17) is 21.9 Å². The molecule has 0 aliphatic heterocycles. The van der Waals surface area contributed by atoms with Crippen molar-refractivity contribution < 1.29 is 9.32 Å². The van der Waals surface area contributed by atoms with Gasteiger partial charge in [-0.05, 0) is 30.9 Å². The zero-order chi connectivity index (χ0) is 14.8. The quantitative estimate of drug-likeness (QED) is 0.889. The summed E-state index contributed by atoms with van der Waals surface area (Å²) in [6.07, 6.45) is 2.31. The summed E-state index contributed by atoms with van der Waals surface area (Å²) in [4.78, 5) is 12.0. The average molecular weight is 306 g/mol. The smallest absolute Gasteiger partial charge is 0.273 e. The fourth-order valence-electron chi connectivity index (χ4n) is 2.15. The number of rotatable bonds is 5. The molecule has 5 nitrogen and oxygen atoms in total. The highest BCUT2D eigenvalue weighted by Crippen LogP contribution is 2.31. The van der Waals surface area contributed by atoms with Crippen molar-refractivity contribution in [3.8, 4) is 11.3 Å². The fraction of sp³-hybridized carbons (Fsp3) is 0.333. The van der Waals surface area contributed by atoms with E-state index in [0.29, 0.717) is 23.2 Å². The number of nitrogens with one attached hydrogen (secondary N) is 1. The lowest BCUT2D eigenvalue weighted by Gasteiger charge is -2.09. The summed E-state index contributed by atoms with van der Waals surface area (Å²) in [6.45, 7) is 0.461. The van der Waals surface area contributed by atoms with Crippen molar-refractivity contribution in [2.45, 2.75) is 18.9 Å². The van der Waals surface area contributed by atoms with E-state index in [0.717, 1.165) is 18.4 Å². The summed E-state index contributed by atoms with van der Waals surface area (Å²) in [6, 6.07) is 8.81. The van der Waals surface area contributed by atoms with Gasteiger partial charge in [-0.2, -0.15) is 0 Å². The fourth-order valence-corrected chi connectivity index (χ4v) is 2.34. The monoisotopic (exact) mass is 305 g/mol. The normalized spacial score (nSPS) is 15.7. The number of aromatic nitrogens is 1. The molecule has 2 aromatic rings. The van der Waals surface area contributed by atoms with Gasteiger partial charge < -0.3 is 15.6 Å². The number of carbonyl (C=O) groups is 1. The Bertz CT molecular complexity index is 652. The molecule has 1 atom stereocenters. The molecule has 1 aromatic carbocycles. The lowest BCUT2D eigenvalue weighted by Crippen LogP contribution is -2.38. The summed E-state index contributed by atoms with van der Waals surface area (Å²) in [5.41, 5.74) is 6.97. The van der Waals surface area contributed by atoms with Gasteiger partial charge in [0.05, 0.1) is 0 Å². The highest BCUT2D eigenvalue weighted by molar-refractivity contribution is 6.30. The number of nitrogens with zero attached hydrogens (tertiary/aromatic N) is 1. The number of hydrogen-bond donors (Lipinski definition) is 2. The van der Waals surface area contributed by atoms with E-state index in [2.05, 4.69) is 10.5 Å². The molecule has 1 aliphatic carbocycles. The minimum atomic E-state index is -0.275. The van der Waals surface area contributed by atoms with Crippen molar-refractivity contribution in [3.63, 3.8) is 0 Å². The first-order chi connectivity index (χ1) is 10.1. The van der Waals surface area contributed by atoms with Gasteiger partial charge in [-0.15, -0.1) is 0 Å². The molecule has 1 heterocycles. The first-order valence-electron chi connectivity index (χ1n) is 6.90. The summed E-state index contributed by atoms with van der Waals surface area (Å²) in [5.74, 6) is 0.780. The molecule has 0 radical (unpaired) electrons. The van der Waals surface area contributed by atoms with Gasteiger partial charge in [-0.25, -0.2) is 0 Å². The molecule has 3 rings (SSSR count). The molecule has 3 N–H and O–H groups in total.